The number of ether oxygens (including phenoxy) is 1. The van der Waals surface area contributed by atoms with Crippen LogP contribution in [0.1, 0.15) is 23.2 Å². The summed E-state index contributed by atoms with van der Waals surface area (Å²) in [5.41, 5.74) is 2.48. The lowest BCUT2D eigenvalue weighted by Gasteiger charge is -2.20. The number of ketones is 1. The number of nitrogens with zero attached hydrogens (tertiary/aromatic N) is 4. The summed E-state index contributed by atoms with van der Waals surface area (Å²) < 4.78 is 5.28. The van der Waals surface area contributed by atoms with Gasteiger partial charge in [0, 0.05) is 46.6 Å². The number of para-hydroxylation sites is 2. The number of hydrogen-bond donors (Lipinski definition) is 1. The van der Waals surface area contributed by atoms with Gasteiger partial charge in [0.1, 0.15) is 23.2 Å². The van der Waals surface area contributed by atoms with Crippen LogP contribution in [-0.4, -0.2) is 57.8 Å². The summed E-state index contributed by atoms with van der Waals surface area (Å²) in [6.45, 7) is 0. The van der Waals surface area contributed by atoms with E-state index in [1.165, 1.54) is 18.1 Å². The first-order valence-corrected chi connectivity index (χ1v) is 10.6. The van der Waals surface area contributed by atoms with Gasteiger partial charge in [-0.05, 0) is 30.3 Å². The maximum absolute atomic E-state index is 12.9. The first-order valence-electron chi connectivity index (χ1n) is 10.6. The lowest BCUT2D eigenvalue weighted by Crippen LogP contribution is -2.26. The third kappa shape index (κ3) is 4.71. The Hall–Kier alpha value is -4.32. The van der Waals surface area contributed by atoms with E-state index in [4.69, 9.17) is 4.74 Å². The number of fused-ring (bicyclic) bond motifs is 1. The fraction of sp³-hybridized carbons (Fsp3) is 0.280. The largest absolute Gasteiger partial charge is 0.495 e. The molecule has 2 aromatic rings. The molecule has 9 nitrogen and oxygen atoms in total. The van der Waals surface area contributed by atoms with Crippen LogP contribution in [0.2, 0.25) is 0 Å². The molecule has 0 bridgehead atoms. The van der Waals surface area contributed by atoms with Crippen LogP contribution in [0.4, 0.5) is 17.1 Å². The van der Waals surface area contributed by atoms with Gasteiger partial charge in [-0.15, -0.1) is 0 Å². The number of nitrogens with one attached hydrogen (secondary N) is 1. The Morgan fingerprint density at radius 1 is 1.03 bits per heavy atom. The van der Waals surface area contributed by atoms with Crippen LogP contribution in [0.3, 0.4) is 0 Å². The molecule has 9 heteroatoms. The monoisotopic (exact) mass is 461 g/mol. The maximum atomic E-state index is 12.9. The number of anilines is 3. The number of allylic oxidation sites excluding steroid dienone is 1. The van der Waals surface area contributed by atoms with Crippen LogP contribution in [0.15, 0.2) is 53.9 Å². The van der Waals surface area contributed by atoms with Crippen molar-refractivity contribution in [3.8, 4) is 11.8 Å². The predicted molar refractivity (Wildman–Crippen MR) is 130 cm³/mol. The molecule has 3 rings (SSSR count). The Morgan fingerprint density at radius 3 is 2.18 bits per heavy atom. The molecular formula is C25H27N5O4. The number of amides is 2. The van der Waals surface area contributed by atoms with Gasteiger partial charge in [-0.25, -0.2) is 0 Å². The molecule has 1 aliphatic heterocycles. The maximum Gasteiger partial charge on any atom is 0.253 e. The van der Waals surface area contributed by atoms with Crippen molar-refractivity contribution in [3.05, 3.63) is 59.4 Å². The number of carbonyl (C=O) groups is 3. The van der Waals surface area contributed by atoms with E-state index in [0.717, 1.165) is 11.4 Å². The van der Waals surface area contributed by atoms with Gasteiger partial charge in [-0.3, -0.25) is 14.4 Å². The van der Waals surface area contributed by atoms with Crippen LogP contribution >= 0.6 is 0 Å². The molecule has 0 radical (unpaired) electrons. The number of nitriles is 1. The minimum Gasteiger partial charge on any atom is -0.495 e. The molecule has 0 fully saturated rings. The smallest absolute Gasteiger partial charge is 0.253 e. The van der Waals surface area contributed by atoms with Crippen molar-refractivity contribution >= 4 is 34.7 Å². The van der Waals surface area contributed by atoms with Crippen LogP contribution in [-0.2, 0) is 9.59 Å². The third-order valence-electron chi connectivity index (χ3n) is 5.56. The molecule has 0 saturated heterocycles. The highest BCUT2D eigenvalue weighted by atomic mass is 16.5. The van der Waals surface area contributed by atoms with Crippen molar-refractivity contribution in [1.82, 2.24) is 4.90 Å². The lowest BCUT2D eigenvalue weighted by molar-refractivity contribution is -0.120. The average Bonchev–Trinajstić information content (AvgIpc) is 3.08. The molecule has 1 heterocycles. The normalized spacial score (nSPS) is 12.1. The second kappa shape index (κ2) is 10.1. The summed E-state index contributed by atoms with van der Waals surface area (Å²) in [7, 11) is 8.32. The highest BCUT2D eigenvalue weighted by Gasteiger charge is 2.31. The van der Waals surface area contributed by atoms with E-state index in [1.807, 2.05) is 30.3 Å². The lowest BCUT2D eigenvalue weighted by atomic mass is 10.1. The third-order valence-corrected chi connectivity index (χ3v) is 5.56. The Bertz CT molecular complexity index is 1180. The zero-order chi connectivity index (χ0) is 25.0. The molecule has 34 heavy (non-hydrogen) atoms. The van der Waals surface area contributed by atoms with E-state index >= 15 is 0 Å². The fourth-order valence-electron chi connectivity index (χ4n) is 3.82. The topological polar surface area (TPSA) is 106 Å². The van der Waals surface area contributed by atoms with Crippen LogP contribution in [0.5, 0.6) is 5.75 Å². The van der Waals surface area contributed by atoms with Crippen LogP contribution in [0, 0.1) is 11.3 Å². The SMILES string of the molecule is COc1ccc(C(=O)N(C)C)cc1NC(=O)CCC(=O)C(C#N)=C1N(C)c2ccccc2N1C. The van der Waals surface area contributed by atoms with E-state index in [-0.39, 0.29) is 24.3 Å². The molecule has 0 atom stereocenters. The zero-order valence-corrected chi connectivity index (χ0v) is 19.9. The molecule has 2 aromatic carbocycles. The number of hydrogen-bond acceptors (Lipinski definition) is 7. The van der Waals surface area contributed by atoms with Gasteiger partial charge >= 0.3 is 0 Å². The average molecular weight is 462 g/mol. The van der Waals surface area contributed by atoms with Crippen molar-refractivity contribution < 1.29 is 19.1 Å². The minimum absolute atomic E-state index is 0.00911. The van der Waals surface area contributed by atoms with Gasteiger partial charge in [-0.1, -0.05) is 12.1 Å². The molecule has 0 saturated carbocycles. The van der Waals surface area contributed by atoms with Crippen molar-refractivity contribution in [2.24, 2.45) is 0 Å². The second-order valence-electron chi connectivity index (χ2n) is 8.00. The minimum atomic E-state index is -0.431. The number of carbonyl (C=O) groups excluding carboxylic acids is 3. The summed E-state index contributed by atoms with van der Waals surface area (Å²) in [5, 5.41) is 12.4. The molecule has 0 aromatic heterocycles. The second-order valence-corrected chi connectivity index (χ2v) is 8.00. The molecule has 0 unspecified atom stereocenters. The Labute approximate surface area is 198 Å². The van der Waals surface area contributed by atoms with Crippen LogP contribution in [0.25, 0.3) is 0 Å². The first kappa shape index (κ1) is 24.3. The van der Waals surface area contributed by atoms with E-state index in [2.05, 4.69) is 5.32 Å². The van der Waals surface area contributed by atoms with Gasteiger partial charge in [-0.2, -0.15) is 5.26 Å². The van der Waals surface area contributed by atoms with Crippen molar-refractivity contribution in [3.63, 3.8) is 0 Å². The quantitative estimate of drug-likeness (QED) is 0.499. The molecule has 0 aliphatic carbocycles. The molecule has 2 amide bonds. The highest BCUT2D eigenvalue weighted by molar-refractivity contribution is 6.05. The number of Topliss-reactive ketones (excluding diaryl/α,β-unsaturated/α-hetero) is 1. The van der Waals surface area contributed by atoms with Crippen molar-refractivity contribution in [1.29, 1.82) is 5.26 Å². The Balaban J connectivity index is 1.74. The summed E-state index contributed by atoms with van der Waals surface area (Å²) in [4.78, 5) is 42.8. The Kier molecular flexibility index (Phi) is 7.21. The summed E-state index contributed by atoms with van der Waals surface area (Å²) in [6.07, 6.45) is -0.276. The fourth-order valence-corrected chi connectivity index (χ4v) is 3.82. The van der Waals surface area contributed by atoms with Crippen LogP contribution < -0.4 is 19.9 Å². The standard InChI is InChI=1S/C25H27N5O4/c1-28(2)25(33)16-10-12-22(34-5)18(14-16)27-23(32)13-11-21(31)17(15-26)24-29(3)19-8-6-7-9-20(19)30(24)4/h6-10,12,14H,11,13H2,1-5H3,(H,27,32). The van der Waals surface area contributed by atoms with Gasteiger partial charge < -0.3 is 24.8 Å². The molecular weight excluding hydrogens is 434 g/mol. The van der Waals surface area contributed by atoms with E-state index in [0.29, 0.717) is 22.8 Å². The van der Waals surface area contributed by atoms with E-state index < -0.39 is 11.7 Å². The van der Waals surface area contributed by atoms with Gasteiger partial charge in [0.05, 0.1) is 24.2 Å². The summed E-state index contributed by atoms with van der Waals surface area (Å²) in [5.74, 6) is -0.209. The van der Waals surface area contributed by atoms with Gasteiger partial charge in [0.15, 0.2) is 5.78 Å². The molecule has 1 N–H and O–H groups in total. The van der Waals surface area contributed by atoms with Crippen molar-refractivity contribution in [2.45, 2.75) is 12.8 Å². The molecule has 1 aliphatic rings. The molecule has 176 valence electrons. The van der Waals surface area contributed by atoms with Gasteiger partial charge in [0.25, 0.3) is 5.91 Å². The summed E-state index contributed by atoms with van der Waals surface area (Å²) in [6, 6.07) is 14.4. The predicted octanol–water partition coefficient (Wildman–Crippen LogP) is 3.01. The molecule has 0 spiro atoms. The number of benzene rings is 2. The Morgan fingerprint density at radius 2 is 1.65 bits per heavy atom. The highest BCUT2D eigenvalue weighted by Crippen LogP contribution is 2.40. The zero-order valence-electron chi connectivity index (χ0n) is 19.9. The van der Waals surface area contributed by atoms with E-state index in [1.54, 1.807) is 50.1 Å². The van der Waals surface area contributed by atoms with E-state index in [9.17, 15) is 19.6 Å². The number of methoxy groups -OCH3 is 1. The first-order chi connectivity index (χ1) is 16.2. The number of rotatable bonds is 7. The van der Waals surface area contributed by atoms with Gasteiger partial charge in [0.2, 0.25) is 5.91 Å². The van der Waals surface area contributed by atoms with Crippen molar-refractivity contribution in [2.75, 3.05) is 50.4 Å². The summed E-state index contributed by atoms with van der Waals surface area (Å²) >= 11 is 0.